The Balaban J connectivity index is 1.70. The highest BCUT2D eigenvalue weighted by molar-refractivity contribution is 5.77. The van der Waals surface area contributed by atoms with Crippen molar-refractivity contribution in [2.75, 3.05) is 26.2 Å². The minimum atomic E-state index is -0.766. The highest BCUT2D eigenvalue weighted by atomic mass is 16.3. The molecule has 1 aliphatic heterocycles. The zero-order valence-corrected chi connectivity index (χ0v) is 14.2. The maximum Gasteiger partial charge on any atom is 0.225 e. The van der Waals surface area contributed by atoms with Gasteiger partial charge in [0.25, 0.3) is 0 Å². The van der Waals surface area contributed by atoms with Gasteiger partial charge in [-0.3, -0.25) is 9.69 Å². The molecule has 2 aliphatic rings. The molecule has 2 heterocycles. The summed E-state index contributed by atoms with van der Waals surface area (Å²) in [5.74, 6) is 1.09. The Kier molecular flexibility index (Phi) is 4.73. The van der Waals surface area contributed by atoms with Crippen LogP contribution < -0.4 is 0 Å². The van der Waals surface area contributed by atoms with Gasteiger partial charge in [-0.1, -0.05) is 19.8 Å². The number of aliphatic hydroxyl groups is 1. The molecule has 0 aromatic carbocycles. The van der Waals surface area contributed by atoms with E-state index in [9.17, 15) is 9.90 Å². The lowest BCUT2D eigenvalue weighted by molar-refractivity contribution is -0.139. The van der Waals surface area contributed by atoms with E-state index < -0.39 is 5.60 Å². The van der Waals surface area contributed by atoms with E-state index in [1.165, 1.54) is 0 Å². The normalized spacial score (nSPS) is 25.0. The predicted molar refractivity (Wildman–Crippen MR) is 87.8 cm³/mol. The molecule has 0 radical (unpaired) electrons. The van der Waals surface area contributed by atoms with Crippen LogP contribution in [0.1, 0.15) is 50.9 Å². The van der Waals surface area contributed by atoms with Crippen molar-refractivity contribution in [1.82, 2.24) is 19.4 Å². The van der Waals surface area contributed by atoms with Crippen LogP contribution in [0.3, 0.4) is 0 Å². The lowest BCUT2D eigenvalue weighted by Crippen LogP contribution is -2.52. The number of hydrogen-bond donors (Lipinski definition) is 1. The molecule has 1 atom stereocenters. The van der Waals surface area contributed by atoms with E-state index in [-0.39, 0.29) is 18.4 Å². The standard InChI is InChI=1S/C17H28N4O2/c1-3-20-10-11-21(13-14(20)16-18-8-9-19(16)2)15(22)12-17(23)6-4-5-7-17/h8-9,14,23H,3-7,10-13H2,1-2H3/t14-/m1/s1. The van der Waals surface area contributed by atoms with E-state index >= 15 is 0 Å². The van der Waals surface area contributed by atoms with E-state index in [1.807, 2.05) is 28.9 Å². The summed E-state index contributed by atoms with van der Waals surface area (Å²) in [5, 5.41) is 10.5. The van der Waals surface area contributed by atoms with Gasteiger partial charge in [-0.15, -0.1) is 0 Å². The zero-order valence-electron chi connectivity index (χ0n) is 14.2. The summed E-state index contributed by atoms with van der Waals surface area (Å²) in [5.41, 5.74) is -0.766. The van der Waals surface area contributed by atoms with Gasteiger partial charge in [0.05, 0.1) is 18.1 Å². The molecular weight excluding hydrogens is 292 g/mol. The largest absolute Gasteiger partial charge is 0.389 e. The number of aromatic nitrogens is 2. The summed E-state index contributed by atoms with van der Waals surface area (Å²) >= 11 is 0. The smallest absolute Gasteiger partial charge is 0.225 e. The van der Waals surface area contributed by atoms with E-state index in [0.717, 1.165) is 51.1 Å². The number of likely N-dealkylation sites (N-methyl/N-ethyl adjacent to an activating group) is 1. The fourth-order valence-electron chi connectivity index (χ4n) is 3.97. The van der Waals surface area contributed by atoms with Crippen LogP contribution in [0.25, 0.3) is 0 Å². The maximum atomic E-state index is 12.7. The van der Waals surface area contributed by atoms with E-state index in [4.69, 9.17) is 0 Å². The monoisotopic (exact) mass is 320 g/mol. The van der Waals surface area contributed by atoms with Crippen LogP contribution in [-0.2, 0) is 11.8 Å². The number of piperazine rings is 1. The maximum absolute atomic E-state index is 12.7. The van der Waals surface area contributed by atoms with Crippen LogP contribution in [-0.4, -0.2) is 62.1 Å². The fraction of sp³-hybridized carbons (Fsp3) is 0.765. The number of nitrogens with zero attached hydrogens (tertiary/aromatic N) is 4. The van der Waals surface area contributed by atoms with Gasteiger partial charge in [0.2, 0.25) is 5.91 Å². The zero-order chi connectivity index (χ0) is 16.4. The number of carbonyl (C=O) groups is 1. The van der Waals surface area contributed by atoms with Crippen molar-refractivity contribution in [3.8, 4) is 0 Å². The molecule has 1 amide bonds. The van der Waals surface area contributed by atoms with Crippen molar-refractivity contribution in [3.63, 3.8) is 0 Å². The van der Waals surface area contributed by atoms with Crippen LogP contribution in [0.2, 0.25) is 0 Å². The molecule has 1 aliphatic carbocycles. The van der Waals surface area contributed by atoms with Crippen molar-refractivity contribution in [1.29, 1.82) is 0 Å². The van der Waals surface area contributed by atoms with Crippen LogP contribution in [0, 0.1) is 0 Å². The molecular formula is C17H28N4O2. The third-order valence-electron chi connectivity index (χ3n) is 5.42. The SMILES string of the molecule is CCN1CCN(C(=O)CC2(O)CCCC2)C[C@@H]1c1nccn1C. The first-order valence-electron chi connectivity index (χ1n) is 8.74. The highest BCUT2D eigenvalue weighted by Gasteiger charge is 2.37. The number of rotatable bonds is 4. The van der Waals surface area contributed by atoms with Crippen LogP contribution in [0.5, 0.6) is 0 Å². The Bertz CT molecular complexity index is 551. The minimum Gasteiger partial charge on any atom is -0.389 e. The van der Waals surface area contributed by atoms with Gasteiger partial charge in [0.1, 0.15) is 5.82 Å². The number of carbonyl (C=O) groups excluding carboxylic acids is 1. The number of imidazole rings is 1. The Morgan fingerprint density at radius 3 is 2.74 bits per heavy atom. The molecule has 6 heteroatoms. The van der Waals surface area contributed by atoms with Crippen molar-refractivity contribution in [2.24, 2.45) is 7.05 Å². The predicted octanol–water partition coefficient (Wildman–Crippen LogP) is 1.32. The quantitative estimate of drug-likeness (QED) is 0.909. The highest BCUT2D eigenvalue weighted by Crippen LogP contribution is 2.33. The van der Waals surface area contributed by atoms with Crippen LogP contribution in [0.15, 0.2) is 12.4 Å². The second-order valence-corrected chi connectivity index (χ2v) is 6.99. The minimum absolute atomic E-state index is 0.0874. The van der Waals surface area contributed by atoms with Gasteiger partial charge < -0.3 is 14.6 Å². The fourth-order valence-corrected chi connectivity index (χ4v) is 3.97. The van der Waals surface area contributed by atoms with Crippen molar-refractivity contribution < 1.29 is 9.90 Å². The molecule has 2 fully saturated rings. The molecule has 1 aromatic rings. The Hall–Kier alpha value is -1.40. The molecule has 23 heavy (non-hydrogen) atoms. The molecule has 1 N–H and O–H groups in total. The summed E-state index contributed by atoms with van der Waals surface area (Å²) in [6.45, 7) is 5.35. The summed E-state index contributed by atoms with van der Waals surface area (Å²) < 4.78 is 2.03. The molecule has 6 nitrogen and oxygen atoms in total. The second-order valence-electron chi connectivity index (χ2n) is 6.99. The number of amides is 1. The second kappa shape index (κ2) is 6.61. The molecule has 3 rings (SSSR count). The lowest BCUT2D eigenvalue weighted by Gasteiger charge is -2.41. The molecule has 0 bridgehead atoms. The average molecular weight is 320 g/mol. The van der Waals surface area contributed by atoms with Gasteiger partial charge in [0, 0.05) is 39.1 Å². The first kappa shape index (κ1) is 16.5. The average Bonchev–Trinajstić information content (AvgIpc) is 3.15. The summed E-state index contributed by atoms with van der Waals surface area (Å²) in [6, 6.07) is 0.135. The van der Waals surface area contributed by atoms with Gasteiger partial charge in [0.15, 0.2) is 0 Å². The molecule has 1 saturated carbocycles. The summed E-state index contributed by atoms with van der Waals surface area (Å²) in [7, 11) is 2.00. The van der Waals surface area contributed by atoms with E-state index in [1.54, 1.807) is 0 Å². The lowest BCUT2D eigenvalue weighted by atomic mass is 9.96. The summed E-state index contributed by atoms with van der Waals surface area (Å²) in [4.78, 5) is 21.4. The van der Waals surface area contributed by atoms with Crippen molar-refractivity contribution in [3.05, 3.63) is 18.2 Å². The topological polar surface area (TPSA) is 61.6 Å². The third-order valence-corrected chi connectivity index (χ3v) is 5.42. The van der Waals surface area contributed by atoms with Crippen LogP contribution in [0.4, 0.5) is 0 Å². The number of hydrogen-bond acceptors (Lipinski definition) is 4. The molecule has 128 valence electrons. The van der Waals surface area contributed by atoms with Crippen molar-refractivity contribution >= 4 is 5.91 Å². The molecule has 1 aromatic heterocycles. The first-order valence-corrected chi connectivity index (χ1v) is 8.74. The van der Waals surface area contributed by atoms with E-state index in [2.05, 4.69) is 16.8 Å². The van der Waals surface area contributed by atoms with Gasteiger partial charge in [-0.2, -0.15) is 0 Å². The Morgan fingerprint density at radius 2 is 2.13 bits per heavy atom. The summed E-state index contributed by atoms with van der Waals surface area (Å²) in [6.07, 6.45) is 7.61. The molecule has 1 saturated heterocycles. The van der Waals surface area contributed by atoms with Crippen LogP contribution >= 0.6 is 0 Å². The number of aryl methyl sites for hydroxylation is 1. The van der Waals surface area contributed by atoms with Gasteiger partial charge in [-0.05, 0) is 19.4 Å². The first-order chi connectivity index (χ1) is 11.0. The van der Waals surface area contributed by atoms with Gasteiger partial charge >= 0.3 is 0 Å². The molecule has 0 spiro atoms. The Morgan fingerprint density at radius 1 is 1.39 bits per heavy atom. The molecule has 0 unspecified atom stereocenters. The van der Waals surface area contributed by atoms with Gasteiger partial charge in [-0.25, -0.2) is 4.98 Å². The van der Waals surface area contributed by atoms with Crippen molar-refractivity contribution in [2.45, 2.75) is 50.7 Å². The van der Waals surface area contributed by atoms with E-state index in [0.29, 0.717) is 6.54 Å². The Labute approximate surface area is 138 Å². The third kappa shape index (κ3) is 3.43.